The first-order valence-corrected chi connectivity index (χ1v) is 6.31. The average Bonchev–Trinajstić information content (AvgIpc) is 2.55. The van der Waals surface area contributed by atoms with Crippen LogP contribution < -0.4 is 0 Å². The maximum atomic E-state index is 4.41. The molecule has 1 saturated heterocycles. The molecular formula is C9H11BrN2S. The Hall–Kier alpha value is 0.0700. The fraction of sp³-hybridized carbons (Fsp3) is 0.667. The summed E-state index contributed by atoms with van der Waals surface area (Å²) in [4.78, 5) is 6.94. The quantitative estimate of drug-likeness (QED) is 0.810. The van der Waals surface area contributed by atoms with Crippen LogP contribution in [-0.4, -0.2) is 23.0 Å². The average molecular weight is 259 g/mol. The summed E-state index contributed by atoms with van der Waals surface area (Å²) in [7, 11) is 0. The van der Waals surface area contributed by atoms with Crippen LogP contribution in [0.25, 0.3) is 0 Å². The minimum atomic E-state index is 0.983. The summed E-state index contributed by atoms with van der Waals surface area (Å²) in [5, 5.41) is 3.31. The molecule has 3 rings (SSSR count). The third kappa shape index (κ3) is 1.67. The fourth-order valence-corrected chi connectivity index (χ4v) is 3.48. The Morgan fingerprint density at radius 2 is 2.31 bits per heavy atom. The first kappa shape index (κ1) is 8.38. The Labute approximate surface area is 90.1 Å². The van der Waals surface area contributed by atoms with Crippen LogP contribution in [0.4, 0.5) is 0 Å². The van der Waals surface area contributed by atoms with Crippen molar-refractivity contribution in [1.29, 1.82) is 0 Å². The Bertz CT molecular complexity index is 315. The van der Waals surface area contributed by atoms with E-state index in [1.807, 2.05) is 0 Å². The SMILES string of the molecule is Brc1csc(CN2CC3CC3C2)n1. The summed E-state index contributed by atoms with van der Waals surface area (Å²) in [6, 6.07) is 0. The molecule has 1 aromatic rings. The van der Waals surface area contributed by atoms with E-state index in [1.54, 1.807) is 11.3 Å². The number of hydrogen-bond donors (Lipinski definition) is 0. The normalized spacial score (nSPS) is 32.1. The molecule has 13 heavy (non-hydrogen) atoms. The van der Waals surface area contributed by atoms with Gasteiger partial charge in [-0.05, 0) is 34.2 Å². The van der Waals surface area contributed by atoms with Gasteiger partial charge in [-0.3, -0.25) is 4.90 Å². The number of halogens is 1. The monoisotopic (exact) mass is 258 g/mol. The van der Waals surface area contributed by atoms with Gasteiger partial charge in [0.1, 0.15) is 9.61 Å². The van der Waals surface area contributed by atoms with Gasteiger partial charge in [-0.15, -0.1) is 11.3 Å². The number of rotatable bonds is 2. The van der Waals surface area contributed by atoms with Crippen molar-refractivity contribution in [3.63, 3.8) is 0 Å². The molecular weight excluding hydrogens is 248 g/mol. The van der Waals surface area contributed by atoms with Crippen molar-refractivity contribution < 1.29 is 0 Å². The lowest BCUT2D eigenvalue weighted by Gasteiger charge is -2.14. The third-order valence-electron chi connectivity index (χ3n) is 2.94. The van der Waals surface area contributed by atoms with Crippen molar-refractivity contribution in [2.75, 3.05) is 13.1 Å². The molecule has 1 aromatic heterocycles. The molecule has 2 fully saturated rings. The molecule has 0 spiro atoms. The lowest BCUT2D eigenvalue weighted by molar-refractivity contribution is 0.296. The van der Waals surface area contributed by atoms with Crippen LogP contribution >= 0.6 is 27.3 Å². The van der Waals surface area contributed by atoms with E-state index in [4.69, 9.17) is 0 Å². The molecule has 2 heterocycles. The van der Waals surface area contributed by atoms with Crippen LogP contribution in [0.5, 0.6) is 0 Å². The summed E-state index contributed by atoms with van der Waals surface area (Å²) < 4.78 is 0.983. The van der Waals surface area contributed by atoms with Gasteiger partial charge in [0.05, 0.1) is 6.54 Å². The van der Waals surface area contributed by atoms with Gasteiger partial charge in [0.15, 0.2) is 0 Å². The predicted octanol–water partition coefficient (Wildman–Crippen LogP) is 2.36. The molecule has 2 aliphatic rings. The Morgan fingerprint density at radius 3 is 2.92 bits per heavy atom. The van der Waals surface area contributed by atoms with E-state index in [0.717, 1.165) is 23.0 Å². The molecule has 1 aliphatic heterocycles. The second-order valence-corrected chi connectivity index (χ2v) is 5.77. The Morgan fingerprint density at radius 1 is 1.54 bits per heavy atom. The lowest BCUT2D eigenvalue weighted by atomic mass is 10.4. The molecule has 4 heteroatoms. The van der Waals surface area contributed by atoms with Gasteiger partial charge in [-0.1, -0.05) is 0 Å². The summed E-state index contributed by atoms with van der Waals surface area (Å²) in [6.45, 7) is 3.67. The molecule has 2 nitrogen and oxygen atoms in total. The zero-order valence-corrected chi connectivity index (χ0v) is 9.64. The molecule has 70 valence electrons. The van der Waals surface area contributed by atoms with Gasteiger partial charge < -0.3 is 0 Å². The third-order valence-corrected chi connectivity index (χ3v) is 4.48. The zero-order chi connectivity index (χ0) is 8.84. The van der Waals surface area contributed by atoms with E-state index in [1.165, 1.54) is 24.5 Å². The smallest absolute Gasteiger partial charge is 0.117 e. The molecule has 2 atom stereocenters. The van der Waals surface area contributed by atoms with Gasteiger partial charge in [0.2, 0.25) is 0 Å². The second-order valence-electron chi connectivity index (χ2n) is 4.01. The highest BCUT2D eigenvalue weighted by molar-refractivity contribution is 9.10. The first-order chi connectivity index (χ1) is 6.31. The van der Waals surface area contributed by atoms with Crippen LogP contribution in [0.1, 0.15) is 11.4 Å². The molecule has 1 saturated carbocycles. The van der Waals surface area contributed by atoms with E-state index >= 15 is 0 Å². The topological polar surface area (TPSA) is 16.1 Å². The van der Waals surface area contributed by atoms with Gasteiger partial charge >= 0.3 is 0 Å². The number of hydrogen-bond acceptors (Lipinski definition) is 3. The van der Waals surface area contributed by atoms with Gasteiger partial charge in [0, 0.05) is 18.5 Å². The van der Waals surface area contributed by atoms with E-state index in [-0.39, 0.29) is 0 Å². The van der Waals surface area contributed by atoms with Crippen LogP contribution in [0, 0.1) is 11.8 Å². The molecule has 0 amide bonds. The summed E-state index contributed by atoms with van der Waals surface area (Å²) in [5.74, 6) is 2.06. The van der Waals surface area contributed by atoms with Crippen LogP contribution in [0.2, 0.25) is 0 Å². The minimum Gasteiger partial charge on any atom is -0.296 e. The second kappa shape index (κ2) is 3.04. The standard InChI is InChI=1S/C9H11BrN2S/c10-8-5-13-9(11-8)4-12-2-6-1-7(6)3-12/h5-7H,1-4H2. The Balaban J connectivity index is 1.63. The van der Waals surface area contributed by atoms with Crippen molar-refractivity contribution in [2.45, 2.75) is 13.0 Å². The Kier molecular flexibility index (Phi) is 1.96. The molecule has 0 aromatic carbocycles. The number of thiazole rings is 1. The summed E-state index contributed by atoms with van der Waals surface area (Å²) in [5.41, 5.74) is 0. The van der Waals surface area contributed by atoms with Crippen molar-refractivity contribution >= 4 is 27.3 Å². The largest absolute Gasteiger partial charge is 0.296 e. The van der Waals surface area contributed by atoms with Crippen molar-refractivity contribution in [1.82, 2.24) is 9.88 Å². The number of nitrogens with zero attached hydrogens (tertiary/aromatic N) is 2. The highest BCUT2D eigenvalue weighted by atomic mass is 79.9. The highest BCUT2D eigenvalue weighted by Gasteiger charge is 2.44. The van der Waals surface area contributed by atoms with Crippen LogP contribution in [-0.2, 0) is 6.54 Å². The zero-order valence-electron chi connectivity index (χ0n) is 7.24. The molecule has 0 N–H and O–H groups in total. The molecule has 2 unspecified atom stereocenters. The maximum Gasteiger partial charge on any atom is 0.117 e. The van der Waals surface area contributed by atoms with Gasteiger partial charge in [-0.2, -0.15) is 0 Å². The van der Waals surface area contributed by atoms with Crippen LogP contribution in [0.3, 0.4) is 0 Å². The molecule has 0 bridgehead atoms. The van der Waals surface area contributed by atoms with Crippen molar-refractivity contribution in [2.24, 2.45) is 11.8 Å². The lowest BCUT2D eigenvalue weighted by Crippen LogP contribution is -2.21. The maximum absolute atomic E-state index is 4.41. The number of likely N-dealkylation sites (tertiary alicyclic amines) is 1. The molecule has 1 aliphatic carbocycles. The van der Waals surface area contributed by atoms with E-state index in [2.05, 4.69) is 31.2 Å². The highest BCUT2D eigenvalue weighted by Crippen LogP contribution is 2.45. The van der Waals surface area contributed by atoms with E-state index in [0.29, 0.717) is 0 Å². The molecule has 0 radical (unpaired) electrons. The minimum absolute atomic E-state index is 0.983. The van der Waals surface area contributed by atoms with E-state index in [9.17, 15) is 0 Å². The number of aromatic nitrogens is 1. The predicted molar refractivity (Wildman–Crippen MR) is 56.7 cm³/mol. The first-order valence-electron chi connectivity index (χ1n) is 4.63. The van der Waals surface area contributed by atoms with Crippen molar-refractivity contribution in [3.05, 3.63) is 15.0 Å². The summed E-state index contributed by atoms with van der Waals surface area (Å²) >= 11 is 5.14. The fourth-order valence-electron chi connectivity index (χ4n) is 2.18. The van der Waals surface area contributed by atoms with Crippen LogP contribution in [0.15, 0.2) is 9.98 Å². The van der Waals surface area contributed by atoms with Gasteiger partial charge in [-0.25, -0.2) is 4.98 Å². The van der Waals surface area contributed by atoms with E-state index < -0.39 is 0 Å². The number of piperidine rings is 1. The van der Waals surface area contributed by atoms with Crippen molar-refractivity contribution in [3.8, 4) is 0 Å². The van der Waals surface area contributed by atoms with Gasteiger partial charge in [0.25, 0.3) is 0 Å². The summed E-state index contributed by atoms with van der Waals surface area (Å²) in [6.07, 6.45) is 1.48. The number of fused-ring (bicyclic) bond motifs is 1.